The van der Waals surface area contributed by atoms with Crippen molar-refractivity contribution in [2.24, 2.45) is 0 Å². The Kier molecular flexibility index (Phi) is 4.84. The number of anilines is 1. The van der Waals surface area contributed by atoms with Gasteiger partial charge in [-0.3, -0.25) is 4.79 Å². The van der Waals surface area contributed by atoms with Crippen LogP contribution in [0.3, 0.4) is 0 Å². The third kappa shape index (κ3) is 3.71. The Hall–Kier alpha value is -3.08. The monoisotopic (exact) mass is 336 g/mol. The Morgan fingerprint density at radius 3 is 2.52 bits per heavy atom. The fourth-order valence-corrected chi connectivity index (χ4v) is 2.83. The van der Waals surface area contributed by atoms with Crippen LogP contribution in [-0.2, 0) is 16.0 Å². The van der Waals surface area contributed by atoms with E-state index in [4.69, 9.17) is 4.74 Å². The summed E-state index contributed by atoms with van der Waals surface area (Å²) in [6, 6.07) is 14.6. The second-order valence-electron chi connectivity index (χ2n) is 5.80. The van der Waals surface area contributed by atoms with E-state index in [0.29, 0.717) is 17.9 Å². The molecule has 1 amide bonds. The van der Waals surface area contributed by atoms with Crippen molar-refractivity contribution >= 4 is 28.5 Å². The van der Waals surface area contributed by atoms with Crippen LogP contribution in [0.5, 0.6) is 0 Å². The minimum Gasteiger partial charge on any atom is -0.462 e. The van der Waals surface area contributed by atoms with Crippen LogP contribution in [0.25, 0.3) is 10.9 Å². The number of aryl methyl sites for hydroxylation is 1. The number of H-pyrrole nitrogens is 1. The highest BCUT2D eigenvalue weighted by Crippen LogP contribution is 2.22. The maximum atomic E-state index is 12.4. The smallest absolute Gasteiger partial charge is 0.338 e. The van der Waals surface area contributed by atoms with E-state index in [9.17, 15) is 9.59 Å². The van der Waals surface area contributed by atoms with Crippen molar-refractivity contribution < 1.29 is 14.3 Å². The Labute approximate surface area is 146 Å². The maximum Gasteiger partial charge on any atom is 0.338 e. The summed E-state index contributed by atoms with van der Waals surface area (Å²) in [6.45, 7) is 4.07. The van der Waals surface area contributed by atoms with Crippen molar-refractivity contribution in [1.82, 2.24) is 4.98 Å². The first kappa shape index (κ1) is 16.8. The lowest BCUT2D eigenvalue weighted by Crippen LogP contribution is -2.15. The molecule has 3 rings (SSSR count). The Morgan fingerprint density at radius 1 is 1.08 bits per heavy atom. The molecule has 128 valence electrons. The van der Waals surface area contributed by atoms with Crippen molar-refractivity contribution in [1.29, 1.82) is 0 Å². The zero-order valence-corrected chi connectivity index (χ0v) is 14.3. The van der Waals surface area contributed by atoms with Crippen LogP contribution in [0.2, 0.25) is 0 Å². The predicted molar refractivity (Wildman–Crippen MR) is 97.8 cm³/mol. The second kappa shape index (κ2) is 7.21. The average molecular weight is 336 g/mol. The first-order valence-corrected chi connectivity index (χ1v) is 8.21. The molecule has 0 bridgehead atoms. The highest BCUT2D eigenvalue weighted by Gasteiger charge is 2.13. The molecular formula is C20H20N2O3. The number of rotatable bonds is 5. The second-order valence-corrected chi connectivity index (χ2v) is 5.80. The summed E-state index contributed by atoms with van der Waals surface area (Å²) in [4.78, 5) is 27.3. The fraction of sp³-hybridized carbons (Fsp3) is 0.200. The van der Waals surface area contributed by atoms with Gasteiger partial charge in [0.2, 0.25) is 5.91 Å². The van der Waals surface area contributed by atoms with E-state index < -0.39 is 0 Å². The van der Waals surface area contributed by atoms with Crippen molar-refractivity contribution in [3.63, 3.8) is 0 Å². The number of para-hydroxylation sites is 1. The molecule has 1 aromatic heterocycles. The van der Waals surface area contributed by atoms with E-state index in [-0.39, 0.29) is 18.3 Å². The molecule has 0 aliphatic carbocycles. The predicted octanol–water partition coefficient (Wildman–Crippen LogP) is 3.83. The summed E-state index contributed by atoms with van der Waals surface area (Å²) in [5.74, 6) is -0.466. The summed E-state index contributed by atoms with van der Waals surface area (Å²) >= 11 is 0. The lowest BCUT2D eigenvalue weighted by molar-refractivity contribution is -0.115. The van der Waals surface area contributed by atoms with E-state index in [1.165, 1.54) is 0 Å². The minimum absolute atomic E-state index is 0.100. The standard InChI is InChI=1S/C20H20N2O3/c1-3-25-20(24)14-8-10-15(11-9-14)22-19(23)12-17-13(2)21-18-7-5-4-6-16(17)18/h4-11,21H,3,12H2,1-2H3,(H,22,23). The highest BCUT2D eigenvalue weighted by atomic mass is 16.5. The van der Waals surface area contributed by atoms with Gasteiger partial charge in [0, 0.05) is 22.3 Å². The molecule has 0 spiro atoms. The largest absolute Gasteiger partial charge is 0.462 e. The first-order chi connectivity index (χ1) is 12.1. The number of nitrogens with one attached hydrogen (secondary N) is 2. The number of esters is 1. The topological polar surface area (TPSA) is 71.2 Å². The summed E-state index contributed by atoms with van der Waals surface area (Å²) in [6.07, 6.45) is 0.287. The average Bonchev–Trinajstić information content (AvgIpc) is 2.91. The molecule has 0 saturated heterocycles. The molecule has 5 nitrogen and oxygen atoms in total. The Balaban J connectivity index is 1.70. The molecule has 2 aromatic carbocycles. The van der Waals surface area contributed by atoms with Gasteiger partial charge in [0.1, 0.15) is 0 Å². The van der Waals surface area contributed by atoms with E-state index in [0.717, 1.165) is 22.2 Å². The van der Waals surface area contributed by atoms with Gasteiger partial charge < -0.3 is 15.0 Å². The van der Waals surface area contributed by atoms with Gasteiger partial charge in [0.15, 0.2) is 0 Å². The number of aromatic nitrogens is 1. The van der Waals surface area contributed by atoms with Gasteiger partial charge in [-0.1, -0.05) is 18.2 Å². The van der Waals surface area contributed by atoms with Gasteiger partial charge in [-0.25, -0.2) is 4.79 Å². The molecule has 3 aromatic rings. The van der Waals surface area contributed by atoms with Gasteiger partial charge in [0.25, 0.3) is 0 Å². The third-order valence-corrected chi connectivity index (χ3v) is 4.04. The summed E-state index contributed by atoms with van der Waals surface area (Å²) in [5.41, 5.74) is 4.13. The maximum absolute atomic E-state index is 12.4. The van der Waals surface area contributed by atoms with E-state index >= 15 is 0 Å². The molecule has 1 heterocycles. The van der Waals surface area contributed by atoms with E-state index in [1.807, 2.05) is 31.2 Å². The zero-order chi connectivity index (χ0) is 17.8. The number of fused-ring (bicyclic) bond motifs is 1. The van der Waals surface area contributed by atoms with Crippen LogP contribution in [-0.4, -0.2) is 23.5 Å². The normalized spacial score (nSPS) is 10.6. The Morgan fingerprint density at radius 2 is 1.80 bits per heavy atom. The quantitative estimate of drug-likeness (QED) is 0.696. The number of aromatic amines is 1. The van der Waals surface area contributed by atoms with Gasteiger partial charge in [-0.05, 0) is 49.7 Å². The lowest BCUT2D eigenvalue weighted by atomic mass is 10.1. The molecule has 0 aliphatic heterocycles. The fourth-order valence-electron chi connectivity index (χ4n) is 2.83. The molecule has 0 fully saturated rings. The van der Waals surface area contributed by atoms with Gasteiger partial charge in [-0.15, -0.1) is 0 Å². The van der Waals surface area contributed by atoms with E-state index in [2.05, 4.69) is 10.3 Å². The first-order valence-electron chi connectivity index (χ1n) is 8.21. The zero-order valence-electron chi connectivity index (χ0n) is 14.3. The van der Waals surface area contributed by atoms with Crippen molar-refractivity contribution in [2.75, 3.05) is 11.9 Å². The summed E-state index contributed by atoms with van der Waals surface area (Å²) in [5, 5.41) is 3.93. The molecule has 0 aliphatic rings. The summed E-state index contributed by atoms with van der Waals surface area (Å²) in [7, 11) is 0. The van der Waals surface area contributed by atoms with Gasteiger partial charge >= 0.3 is 5.97 Å². The number of amides is 1. The molecular weight excluding hydrogens is 316 g/mol. The van der Waals surface area contributed by atoms with Crippen molar-refractivity contribution in [3.8, 4) is 0 Å². The number of hydrogen-bond acceptors (Lipinski definition) is 3. The van der Waals surface area contributed by atoms with Crippen LogP contribution in [0.4, 0.5) is 5.69 Å². The molecule has 5 heteroatoms. The molecule has 0 unspecified atom stereocenters. The molecule has 0 radical (unpaired) electrons. The number of carbonyl (C=O) groups is 2. The molecule has 2 N–H and O–H groups in total. The number of hydrogen-bond donors (Lipinski definition) is 2. The highest BCUT2D eigenvalue weighted by molar-refractivity contribution is 5.97. The number of ether oxygens (including phenoxy) is 1. The Bertz CT molecular complexity index is 910. The van der Waals surface area contributed by atoms with E-state index in [1.54, 1.807) is 31.2 Å². The van der Waals surface area contributed by atoms with Crippen LogP contribution in [0, 0.1) is 6.92 Å². The third-order valence-electron chi connectivity index (χ3n) is 4.04. The van der Waals surface area contributed by atoms with Gasteiger partial charge in [-0.2, -0.15) is 0 Å². The van der Waals surface area contributed by atoms with Crippen molar-refractivity contribution in [3.05, 3.63) is 65.4 Å². The van der Waals surface area contributed by atoms with Crippen LogP contribution < -0.4 is 5.32 Å². The number of benzene rings is 2. The summed E-state index contributed by atoms with van der Waals surface area (Å²) < 4.78 is 4.94. The lowest BCUT2D eigenvalue weighted by Gasteiger charge is -2.07. The molecule has 0 atom stereocenters. The van der Waals surface area contributed by atoms with Crippen LogP contribution in [0.15, 0.2) is 48.5 Å². The number of carbonyl (C=O) groups excluding carboxylic acids is 2. The SMILES string of the molecule is CCOC(=O)c1ccc(NC(=O)Cc2c(C)[nH]c3ccccc23)cc1. The molecule has 25 heavy (non-hydrogen) atoms. The van der Waals surface area contributed by atoms with Gasteiger partial charge in [0.05, 0.1) is 18.6 Å². The van der Waals surface area contributed by atoms with Crippen molar-refractivity contribution in [2.45, 2.75) is 20.3 Å². The minimum atomic E-state index is -0.366. The molecule has 0 saturated carbocycles. The van der Waals surface area contributed by atoms with Crippen LogP contribution in [0.1, 0.15) is 28.5 Å². The van der Waals surface area contributed by atoms with Crippen LogP contribution >= 0.6 is 0 Å².